The lowest BCUT2D eigenvalue weighted by atomic mass is 10.2. The molecule has 1 aromatic carbocycles. The van der Waals surface area contributed by atoms with Gasteiger partial charge in [0.25, 0.3) is 5.56 Å². The van der Waals surface area contributed by atoms with Crippen molar-refractivity contribution in [2.75, 3.05) is 18.5 Å². The van der Waals surface area contributed by atoms with Gasteiger partial charge in [-0.2, -0.15) is 0 Å². The average Bonchev–Trinajstić information content (AvgIpc) is 2.45. The van der Waals surface area contributed by atoms with Gasteiger partial charge in [0, 0.05) is 24.2 Å². The number of anilines is 1. The van der Waals surface area contributed by atoms with Crippen LogP contribution in [0.2, 0.25) is 0 Å². The van der Waals surface area contributed by atoms with E-state index >= 15 is 0 Å². The molecule has 2 aromatic heterocycles. The minimum Gasteiger partial charge on any atom is -0.395 e. The van der Waals surface area contributed by atoms with Gasteiger partial charge in [-0.15, -0.1) is 0 Å². The Morgan fingerprint density at radius 2 is 2.11 bits per heavy atom. The van der Waals surface area contributed by atoms with Crippen molar-refractivity contribution in [3.05, 3.63) is 52.9 Å². The van der Waals surface area contributed by atoms with Crippen molar-refractivity contribution in [3.63, 3.8) is 0 Å². The van der Waals surface area contributed by atoms with Gasteiger partial charge in [-0.25, -0.2) is 4.98 Å². The van der Waals surface area contributed by atoms with E-state index in [1.54, 1.807) is 6.20 Å². The molecule has 0 saturated carbocycles. The summed E-state index contributed by atoms with van der Waals surface area (Å²) in [6.45, 7) is 0.365. The molecule has 0 spiro atoms. The maximum atomic E-state index is 12.0. The smallest absolute Gasteiger partial charge is 0.259 e. The van der Waals surface area contributed by atoms with Crippen LogP contribution >= 0.6 is 0 Å². The minimum atomic E-state index is -0.142. The fraction of sp³-hybridized carbons (Fsp3) is 0.143. The summed E-state index contributed by atoms with van der Waals surface area (Å²) < 4.78 is 1.52. The van der Waals surface area contributed by atoms with Crippen LogP contribution in [-0.4, -0.2) is 27.6 Å². The summed E-state index contributed by atoms with van der Waals surface area (Å²) in [6.07, 6.45) is 1.73. The van der Waals surface area contributed by atoms with Crippen LogP contribution in [0, 0.1) is 0 Å². The van der Waals surface area contributed by atoms with Gasteiger partial charge in [-0.05, 0) is 11.5 Å². The molecular formula is C14H13N3O2. The van der Waals surface area contributed by atoms with Crippen LogP contribution in [0.5, 0.6) is 0 Å². The number of hydrogen-bond donors (Lipinski definition) is 2. The standard InChI is InChI=1S/C14H13N3O2/c18-8-6-15-12-9-13(19)17-7-5-10-3-1-2-4-11(10)14(17)16-12/h1-5,7,9,15,18H,6,8H2. The second-order valence-electron chi connectivity index (χ2n) is 4.23. The lowest BCUT2D eigenvalue weighted by Crippen LogP contribution is -2.17. The first-order chi connectivity index (χ1) is 9.29. The van der Waals surface area contributed by atoms with Crippen LogP contribution in [0.1, 0.15) is 0 Å². The second kappa shape index (κ2) is 4.70. The van der Waals surface area contributed by atoms with Gasteiger partial charge < -0.3 is 10.4 Å². The zero-order chi connectivity index (χ0) is 13.2. The summed E-state index contributed by atoms with van der Waals surface area (Å²) >= 11 is 0. The van der Waals surface area contributed by atoms with Gasteiger partial charge in [0.2, 0.25) is 0 Å². The number of pyridine rings is 1. The number of rotatable bonds is 3. The number of nitrogens with one attached hydrogen (secondary N) is 1. The third-order valence-corrected chi connectivity index (χ3v) is 2.97. The molecule has 5 nitrogen and oxygen atoms in total. The molecule has 3 aromatic rings. The maximum Gasteiger partial charge on any atom is 0.259 e. The first kappa shape index (κ1) is 11.7. The van der Waals surface area contributed by atoms with Crippen molar-refractivity contribution in [2.45, 2.75) is 0 Å². The second-order valence-corrected chi connectivity index (χ2v) is 4.23. The number of hydrogen-bond acceptors (Lipinski definition) is 4. The fourth-order valence-corrected chi connectivity index (χ4v) is 2.10. The number of aliphatic hydroxyl groups excluding tert-OH is 1. The normalized spacial score (nSPS) is 11.0. The van der Waals surface area contributed by atoms with Crippen molar-refractivity contribution in [1.29, 1.82) is 0 Å². The zero-order valence-corrected chi connectivity index (χ0v) is 10.2. The molecule has 0 radical (unpaired) electrons. The molecule has 0 saturated heterocycles. The average molecular weight is 255 g/mol. The largest absolute Gasteiger partial charge is 0.395 e. The van der Waals surface area contributed by atoms with Crippen LogP contribution in [0.3, 0.4) is 0 Å². The molecule has 0 atom stereocenters. The lowest BCUT2D eigenvalue weighted by Gasteiger charge is -2.07. The first-order valence-electron chi connectivity index (χ1n) is 6.05. The molecule has 0 amide bonds. The summed E-state index contributed by atoms with van der Waals surface area (Å²) in [5.41, 5.74) is 0.474. The quantitative estimate of drug-likeness (QED) is 0.691. The third-order valence-electron chi connectivity index (χ3n) is 2.97. The highest BCUT2D eigenvalue weighted by Crippen LogP contribution is 2.17. The van der Waals surface area contributed by atoms with Crippen molar-refractivity contribution in [2.24, 2.45) is 0 Å². The van der Waals surface area contributed by atoms with E-state index in [-0.39, 0.29) is 12.2 Å². The summed E-state index contributed by atoms with van der Waals surface area (Å²) in [5, 5.41) is 13.7. The van der Waals surface area contributed by atoms with Crippen LogP contribution in [0.25, 0.3) is 16.4 Å². The van der Waals surface area contributed by atoms with E-state index < -0.39 is 0 Å². The minimum absolute atomic E-state index is 0.00339. The molecule has 0 aliphatic rings. The molecule has 2 heterocycles. The first-order valence-corrected chi connectivity index (χ1v) is 6.05. The number of fused-ring (bicyclic) bond motifs is 3. The number of aromatic nitrogens is 2. The van der Waals surface area contributed by atoms with Crippen molar-refractivity contribution in [3.8, 4) is 0 Å². The van der Waals surface area contributed by atoms with Crippen LogP contribution in [0.4, 0.5) is 5.82 Å². The Labute approximate surface area is 109 Å². The topological polar surface area (TPSA) is 66.6 Å². The van der Waals surface area contributed by atoms with E-state index in [2.05, 4.69) is 10.3 Å². The number of benzene rings is 1. The Morgan fingerprint density at radius 3 is 2.95 bits per heavy atom. The predicted molar refractivity (Wildman–Crippen MR) is 74.5 cm³/mol. The van der Waals surface area contributed by atoms with Crippen molar-refractivity contribution >= 4 is 22.2 Å². The van der Waals surface area contributed by atoms with E-state index in [9.17, 15) is 4.79 Å². The van der Waals surface area contributed by atoms with Crippen LogP contribution in [0.15, 0.2) is 47.4 Å². The predicted octanol–water partition coefficient (Wildman–Crippen LogP) is 1.25. The van der Waals surface area contributed by atoms with Gasteiger partial charge >= 0.3 is 0 Å². The van der Waals surface area contributed by atoms with Crippen LogP contribution < -0.4 is 10.9 Å². The van der Waals surface area contributed by atoms with E-state index in [1.807, 2.05) is 30.3 Å². The summed E-state index contributed by atoms with van der Waals surface area (Å²) in [5.74, 6) is 0.482. The fourth-order valence-electron chi connectivity index (χ4n) is 2.10. The zero-order valence-electron chi connectivity index (χ0n) is 10.2. The number of nitrogens with zero attached hydrogens (tertiary/aromatic N) is 2. The van der Waals surface area contributed by atoms with Gasteiger partial charge in [0.15, 0.2) is 0 Å². The molecule has 3 rings (SSSR count). The Balaban J connectivity index is 2.30. The van der Waals surface area contributed by atoms with Gasteiger partial charge in [-0.1, -0.05) is 24.3 Å². The molecule has 0 aliphatic heterocycles. The van der Waals surface area contributed by atoms with E-state index in [0.29, 0.717) is 18.0 Å². The molecule has 96 valence electrons. The van der Waals surface area contributed by atoms with E-state index in [1.165, 1.54) is 10.5 Å². The monoisotopic (exact) mass is 255 g/mol. The Hall–Kier alpha value is -2.40. The molecule has 0 bridgehead atoms. The highest BCUT2D eigenvalue weighted by Gasteiger charge is 2.05. The highest BCUT2D eigenvalue weighted by molar-refractivity contribution is 5.93. The molecule has 0 aliphatic carbocycles. The Bertz CT molecular complexity index is 795. The summed E-state index contributed by atoms with van der Waals surface area (Å²) in [4.78, 5) is 16.5. The molecule has 2 N–H and O–H groups in total. The van der Waals surface area contributed by atoms with Crippen molar-refractivity contribution < 1.29 is 5.11 Å². The Kier molecular flexibility index (Phi) is 2.89. The highest BCUT2D eigenvalue weighted by atomic mass is 16.3. The summed E-state index contributed by atoms with van der Waals surface area (Å²) in [7, 11) is 0. The molecule has 0 fully saturated rings. The number of aliphatic hydroxyl groups is 1. The van der Waals surface area contributed by atoms with Gasteiger partial charge in [0.05, 0.1) is 6.61 Å². The Morgan fingerprint density at radius 1 is 1.26 bits per heavy atom. The lowest BCUT2D eigenvalue weighted by molar-refractivity contribution is 0.311. The van der Waals surface area contributed by atoms with Crippen LogP contribution in [-0.2, 0) is 0 Å². The third kappa shape index (κ3) is 2.04. The maximum absolute atomic E-state index is 12.0. The van der Waals surface area contributed by atoms with E-state index in [4.69, 9.17) is 5.11 Å². The van der Waals surface area contributed by atoms with Gasteiger partial charge in [-0.3, -0.25) is 9.20 Å². The van der Waals surface area contributed by atoms with E-state index in [0.717, 1.165) is 10.8 Å². The summed E-state index contributed by atoms with van der Waals surface area (Å²) in [6, 6.07) is 11.1. The molecule has 0 unspecified atom stereocenters. The molecule has 19 heavy (non-hydrogen) atoms. The molecule has 5 heteroatoms. The SMILES string of the molecule is O=c1cc(NCCO)nc2c3ccccc3ccn12. The van der Waals surface area contributed by atoms with Crippen molar-refractivity contribution in [1.82, 2.24) is 9.38 Å². The molecular weight excluding hydrogens is 242 g/mol. The van der Waals surface area contributed by atoms with Gasteiger partial charge in [0.1, 0.15) is 11.5 Å².